The minimum atomic E-state index is -0.389. The van der Waals surface area contributed by atoms with Gasteiger partial charge in [-0.25, -0.2) is 4.99 Å². The Morgan fingerprint density at radius 1 is 1.27 bits per heavy atom. The van der Waals surface area contributed by atoms with E-state index in [-0.39, 0.29) is 40.0 Å². The van der Waals surface area contributed by atoms with Crippen molar-refractivity contribution in [2.75, 3.05) is 13.1 Å². The van der Waals surface area contributed by atoms with Crippen molar-refractivity contribution in [3.8, 4) is 0 Å². The fraction of sp³-hybridized carbons (Fsp3) is 0.389. The molecule has 2 rings (SSSR count). The van der Waals surface area contributed by atoms with Crippen molar-refractivity contribution >= 4 is 47.0 Å². The van der Waals surface area contributed by atoms with Crippen molar-refractivity contribution in [3.63, 3.8) is 0 Å². The number of nitrogens with one attached hydrogen (secondary N) is 2. The maximum Gasteiger partial charge on any atom is 0.269 e. The average Bonchev–Trinajstić information content (AvgIpc) is 3.13. The maximum atomic E-state index is 10.9. The van der Waals surface area contributed by atoms with Crippen LogP contribution in [0, 0.1) is 10.1 Å². The van der Waals surface area contributed by atoms with Crippen molar-refractivity contribution in [3.05, 3.63) is 62.3 Å². The molecule has 1 aromatic carbocycles. The van der Waals surface area contributed by atoms with Gasteiger partial charge in [-0.15, -0.1) is 35.3 Å². The zero-order valence-electron chi connectivity index (χ0n) is 15.2. The monoisotopic (exact) mass is 488 g/mol. The Morgan fingerprint density at radius 3 is 2.65 bits per heavy atom. The minimum Gasteiger partial charge on any atom is -0.357 e. The Balaban J connectivity index is 0.00000338. The van der Waals surface area contributed by atoms with Gasteiger partial charge in [-0.05, 0) is 23.9 Å². The average molecular weight is 488 g/mol. The molecule has 0 saturated carbocycles. The molecule has 1 heterocycles. The zero-order valence-corrected chi connectivity index (χ0v) is 18.3. The first-order valence-electron chi connectivity index (χ1n) is 8.22. The molecule has 0 aliphatic heterocycles. The highest BCUT2D eigenvalue weighted by molar-refractivity contribution is 14.0. The number of nitro groups is 1. The van der Waals surface area contributed by atoms with E-state index in [0.717, 1.165) is 18.7 Å². The van der Waals surface area contributed by atoms with Gasteiger partial charge in [-0.2, -0.15) is 0 Å². The smallest absolute Gasteiger partial charge is 0.269 e. The molecule has 0 aliphatic rings. The number of benzene rings is 1. The molecule has 6 nitrogen and oxygen atoms in total. The fourth-order valence-corrected chi connectivity index (χ4v) is 3.19. The summed E-state index contributed by atoms with van der Waals surface area (Å²) in [5.74, 6) is 0.707. The Morgan fingerprint density at radius 2 is 2.04 bits per heavy atom. The Bertz CT molecular complexity index is 733. The molecule has 0 atom stereocenters. The maximum absolute atomic E-state index is 10.9. The first kappa shape index (κ1) is 22.4. The highest BCUT2D eigenvalue weighted by atomic mass is 127. The molecular formula is C18H25IN4O2S. The summed E-state index contributed by atoms with van der Waals surface area (Å²) in [6, 6.07) is 10.8. The van der Waals surface area contributed by atoms with Crippen LogP contribution in [-0.4, -0.2) is 24.0 Å². The molecule has 0 radical (unpaired) electrons. The highest BCUT2D eigenvalue weighted by Crippen LogP contribution is 2.26. The van der Waals surface area contributed by atoms with E-state index in [9.17, 15) is 10.1 Å². The van der Waals surface area contributed by atoms with Gasteiger partial charge in [0.25, 0.3) is 5.69 Å². The number of hydrogen-bond acceptors (Lipinski definition) is 4. The van der Waals surface area contributed by atoms with Gasteiger partial charge in [0, 0.05) is 35.5 Å². The molecule has 0 saturated heterocycles. The molecule has 26 heavy (non-hydrogen) atoms. The van der Waals surface area contributed by atoms with Crippen LogP contribution in [0.25, 0.3) is 0 Å². The zero-order chi connectivity index (χ0) is 18.3. The van der Waals surface area contributed by atoms with Crippen LogP contribution in [0.5, 0.6) is 0 Å². The predicted molar refractivity (Wildman–Crippen MR) is 119 cm³/mol. The highest BCUT2D eigenvalue weighted by Gasteiger charge is 2.21. The summed E-state index contributed by atoms with van der Waals surface area (Å²) in [5, 5.41) is 19.5. The van der Waals surface area contributed by atoms with Crippen LogP contribution in [-0.2, 0) is 12.0 Å². The van der Waals surface area contributed by atoms with Gasteiger partial charge in [-0.3, -0.25) is 10.1 Å². The molecule has 1 aromatic heterocycles. The number of thiophene rings is 1. The number of nitro benzene ring substituents is 1. The topological polar surface area (TPSA) is 79.6 Å². The predicted octanol–water partition coefficient (Wildman–Crippen LogP) is 4.31. The molecule has 142 valence electrons. The molecule has 0 unspecified atom stereocenters. The van der Waals surface area contributed by atoms with Crippen molar-refractivity contribution in [1.82, 2.24) is 10.6 Å². The van der Waals surface area contributed by atoms with Crippen LogP contribution in [0.1, 0.15) is 31.2 Å². The van der Waals surface area contributed by atoms with Gasteiger partial charge < -0.3 is 10.6 Å². The lowest BCUT2D eigenvalue weighted by Crippen LogP contribution is -2.43. The van der Waals surface area contributed by atoms with Gasteiger partial charge in [0.05, 0.1) is 11.5 Å². The first-order valence-corrected chi connectivity index (χ1v) is 9.10. The van der Waals surface area contributed by atoms with Crippen LogP contribution < -0.4 is 10.6 Å². The van der Waals surface area contributed by atoms with Gasteiger partial charge in [0.2, 0.25) is 0 Å². The summed E-state index contributed by atoms with van der Waals surface area (Å²) in [4.78, 5) is 16.3. The molecule has 0 aliphatic carbocycles. The second-order valence-electron chi connectivity index (χ2n) is 6.34. The number of aliphatic imine (C=N–C) groups is 1. The lowest BCUT2D eigenvalue weighted by atomic mass is 9.91. The van der Waals surface area contributed by atoms with Crippen molar-refractivity contribution in [1.29, 1.82) is 0 Å². The molecule has 0 amide bonds. The molecule has 8 heteroatoms. The normalized spacial score (nSPS) is 11.6. The number of halogens is 1. The van der Waals surface area contributed by atoms with Crippen molar-refractivity contribution in [2.24, 2.45) is 4.99 Å². The third kappa shape index (κ3) is 6.56. The molecule has 2 N–H and O–H groups in total. The quantitative estimate of drug-likeness (QED) is 0.200. The van der Waals surface area contributed by atoms with E-state index in [1.54, 1.807) is 23.5 Å². The van der Waals surface area contributed by atoms with Gasteiger partial charge >= 0.3 is 0 Å². The Kier molecular flexibility index (Phi) is 9.00. The van der Waals surface area contributed by atoms with Crippen LogP contribution in [0.3, 0.4) is 0 Å². The second-order valence-corrected chi connectivity index (χ2v) is 7.28. The Hall–Kier alpha value is -1.68. The lowest BCUT2D eigenvalue weighted by Gasteiger charge is -2.25. The molecule has 0 spiro atoms. The second kappa shape index (κ2) is 10.5. The van der Waals surface area contributed by atoms with E-state index in [2.05, 4.69) is 47.0 Å². The van der Waals surface area contributed by atoms with Crippen molar-refractivity contribution in [2.45, 2.75) is 32.7 Å². The molecular weight excluding hydrogens is 463 g/mol. The van der Waals surface area contributed by atoms with Crippen LogP contribution >= 0.6 is 35.3 Å². The molecule has 0 bridgehead atoms. The summed E-state index contributed by atoms with van der Waals surface area (Å²) in [7, 11) is 0. The fourth-order valence-electron chi connectivity index (χ4n) is 2.34. The van der Waals surface area contributed by atoms with Crippen LogP contribution in [0.15, 0.2) is 46.8 Å². The molecule has 2 aromatic rings. The standard InChI is InChI=1S/C18H24N4O2S.HI/c1-4-19-17(21-13-18(2,3)16-9-6-10-25-16)20-12-14-7-5-8-15(11-14)22(23)24;/h5-11H,4,12-13H2,1-3H3,(H2,19,20,21);1H. The number of nitrogens with zero attached hydrogens (tertiary/aromatic N) is 2. The number of hydrogen-bond donors (Lipinski definition) is 2. The lowest BCUT2D eigenvalue weighted by molar-refractivity contribution is -0.384. The van der Waals surface area contributed by atoms with E-state index in [4.69, 9.17) is 0 Å². The van der Waals surface area contributed by atoms with Crippen molar-refractivity contribution < 1.29 is 4.92 Å². The van der Waals surface area contributed by atoms with E-state index >= 15 is 0 Å². The van der Waals surface area contributed by atoms with Gasteiger partial charge in [0.1, 0.15) is 0 Å². The number of guanidine groups is 1. The molecule has 0 fully saturated rings. The summed E-state index contributed by atoms with van der Waals surface area (Å²) in [6.07, 6.45) is 0. The third-order valence-electron chi connectivity index (χ3n) is 3.77. The van der Waals surface area contributed by atoms with Gasteiger partial charge in [-0.1, -0.05) is 32.0 Å². The summed E-state index contributed by atoms with van der Waals surface area (Å²) >= 11 is 1.75. The van der Waals surface area contributed by atoms with E-state index in [0.29, 0.717) is 12.5 Å². The van der Waals surface area contributed by atoms with E-state index in [1.165, 1.54) is 10.9 Å². The Labute approximate surface area is 175 Å². The van der Waals surface area contributed by atoms with E-state index in [1.807, 2.05) is 13.0 Å². The SMILES string of the molecule is CCNC(=NCc1cccc([N+](=O)[O-])c1)NCC(C)(C)c1cccs1.I. The number of non-ortho nitro benzene ring substituents is 1. The van der Waals surface area contributed by atoms with E-state index < -0.39 is 0 Å². The number of rotatable bonds is 7. The summed E-state index contributed by atoms with van der Waals surface area (Å²) < 4.78 is 0. The summed E-state index contributed by atoms with van der Waals surface area (Å²) in [5.41, 5.74) is 0.893. The van der Waals surface area contributed by atoms with Crippen LogP contribution in [0.4, 0.5) is 5.69 Å². The van der Waals surface area contributed by atoms with Crippen LogP contribution in [0.2, 0.25) is 0 Å². The third-order valence-corrected chi connectivity index (χ3v) is 5.01. The van der Waals surface area contributed by atoms with Gasteiger partial charge in [0.15, 0.2) is 5.96 Å². The summed E-state index contributed by atoms with van der Waals surface area (Å²) in [6.45, 7) is 8.27. The largest absolute Gasteiger partial charge is 0.357 e. The minimum absolute atomic E-state index is 0. The first-order chi connectivity index (χ1) is 11.9.